The van der Waals surface area contributed by atoms with Crippen LogP contribution in [-0.2, 0) is 0 Å². The molecule has 1 rings (SSSR count). The summed E-state index contributed by atoms with van der Waals surface area (Å²) in [6.45, 7) is 12.8. The maximum absolute atomic E-state index is 3.67. The van der Waals surface area contributed by atoms with E-state index < -0.39 is 0 Å². The van der Waals surface area contributed by atoms with Crippen molar-refractivity contribution in [3.63, 3.8) is 0 Å². The van der Waals surface area contributed by atoms with Gasteiger partial charge >= 0.3 is 0 Å². The van der Waals surface area contributed by atoms with Crippen LogP contribution in [0.2, 0.25) is 0 Å². The lowest BCUT2D eigenvalue weighted by atomic mass is 10.2. The first kappa shape index (κ1) is 15.8. The predicted molar refractivity (Wildman–Crippen MR) is 89.0 cm³/mol. The quantitative estimate of drug-likeness (QED) is 0.695. The summed E-state index contributed by atoms with van der Waals surface area (Å²) in [4.78, 5) is 4.73. The smallest absolute Gasteiger partial charge is 0.0532 e. The number of hydrogen-bond donors (Lipinski definition) is 0. The van der Waals surface area contributed by atoms with Gasteiger partial charge < -0.3 is 9.80 Å². The Morgan fingerprint density at radius 2 is 1.06 bits per heavy atom. The first-order valence-electron chi connectivity index (χ1n) is 6.57. The fourth-order valence-corrected chi connectivity index (χ4v) is 3.64. The predicted octanol–water partition coefficient (Wildman–Crippen LogP) is 4.90. The Balaban J connectivity index is 3.24. The third-order valence-corrected chi connectivity index (χ3v) is 4.49. The largest absolute Gasteiger partial charge is 0.371 e. The molecule has 0 radical (unpaired) electrons. The molecule has 0 aliphatic carbocycles. The molecule has 0 atom stereocenters. The second-order valence-corrected chi connectivity index (χ2v) is 5.81. The second-order valence-electron chi connectivity index (χ2n) is 4.10. The van der Waals surface area contributed by atoms with E-state index in [4.69, 9.17) is 0 Å². The number of rotatable bonds is 6. The third-order valence-electron chi connectivity index (χ3n) is 3.22. The first-order valence-corrected chi connectivity index (χ1v) is 8.16. The van der Waals surface area contributed by atoms with Crippen LogP contribution in [0.5, 0.6) is 0 Å². The second kappa shape index (κ2) is 7.39. The Morgan fingerprint density at radius 3 is 1.33 bits per heavy atom. The van der Waals surface area contributed by atoms with Crippen molar-refractivity contribution in [1.29, 1.82) is 0 Å². The molecule has 0 unspecified atom stereocenters. The van der Waals surface area contributed by atoms with Gasteiger partial charge in [0.1, 0.15) is 0 Å². The number of benzene rings is 1. The van der Waals surface area contributed by atoms with Crippen LogP contribution in [-0.4, -0.2) is 26.2 Å². The van der Waals surface area contributed by atoms with E-state index in [1.165, 1.54) is 11.4 Å². The molecule has 1 aromatic rings. The zero-order valence-corrected chi connectivity index (χ0v) is 14.8. The highest BCUT2D eigenvalue weighted by Gasteiger charge is 2.13. The molecule has 4 heteroatoms. The zero-order valence-electron chi connectivity index (χ0n) is 11.6. The summed E-state index contributed by atoms with van der Waals surface area (Å²) < 4.78 is 2.29. The van der Waals surface area contributed by atoms with Gasteiger partial charge in [0, 0.05) is 35.1 Å². The van der Waals surface area contributed by atoms with Gasteiger partial charge in [-0.25, -0.2) is 0 Å². The van der Waals surface area contributed by atoms with Crippen LogP contribution in [0.4, 0.5) is 11.4 Å². The van der Waals surface area contributed by atoms with Crippen molar-refractivity contribution in [2.45, 2.75) is 27.7 Å². The molecule has 0 spiro atoms. The molecule has 0 aliphatic heterocycles. The van der Waals surface area contributed by atoms with Crippen molar-refractivity contribution in [3.8, 4) is 0 Å². The summed E-state index contributed by atoms with van der Waals surface area (Å²) in [7, 11) is 0. The van der Waals surface area contributed by atoms with Crippen LogP contribution in [0.15, 0.2) is 21.1 Å². The van der Waals surface area contributed by atoms with Crippen molar-refractivity contribution >= 4 is 43.2 Å². The lowest BCUT2D eigenvalue weighted by Crippen LogP contribution is -2.25. The van der Waals surface area contributed by atoms with Crippen LogP contribution in [0.1, 0.15) is 27.7 Å². The SMILES string of the molecule is CCN(CC)c1cc(N(CC)CC)c(Br)cc1Br. The van der Waals surface area contributed by atoms with Gasteiger partial charge in [-0.3, -0.25) is 0 Å². The Bertz CT molecular complexity index is 352. The number of halogens is 2. The summed E-state index contributed by atoms with van der Waals surface area (Å²) in [6, 6.07) is 4.43. The van der Waals surface area contributed by atoms with E-state index in [0.29, 0.717) is 0 Å². The normalized spacial score (nSPS) is 10.6. The summed E-state index contributed by atoms with van der Waals surface area (Å²) in [5, 5.41) is 0. The molecule has 0 saturated heterocycles. The third kappa shape index (κ3) is 3.41. The zero-order chi connectivity index (χ0) is 13.7. The Kier molecular flexibility index (Phi) is 6.50. The molecule has 1 aromatic carbocycles. The van der Waals surface area contributed by atoms with Crippen molar-refractivity contribution in [3.05, 3.63) is 21.1 Å². The summed E-state index contributed by atoms with van der Waals surface area (Å²) in [6.07, 6.45) is 0. The van der Waals surface area contributed by atoms with E-state index in [1.807, 2.05) is 0 Å². The van der Waals surface area contributed by atoms with Gasteiger partial charge in [-0.1, -0.05) is 0 Å². The Labute approximate surface area is 128 Å². The molecule has 0 fully saturated rings. The minimum atomic E-state index is 1.02. The van der Waals surface area contributed by atoms with E-state index in [2.05, 4.69) is 81.5 Å². The summed E-state index contributed by atoms with van der Waals surface area (Å²) >= 11 is 7.33. The number of hydrogen-bond acceptors (Lipinski definition) is 2. The van der Waals surface area contributed by atoms with Crippen molar-refractivity contribution < 1.29 is 0 Å². The molecule has 0 aromatic heterocycles. The monoisotopic (exact) mass is 376 g/mol. The van der Waals surface area contributed by atoms with Crippen LogP contribution >= 0.6 is 31.9 Å². The average molecular weight is 378 g/mol. The van der Waals surface area contributed by atoms with Gasteiger partial charge in [-0.05, 0) is 71.7 Å². The molecular weight excluding hydrogens is 356 g/mol. The molecule has 0 bridgehead atoms. The van der Waals surface area contributed by atoms with Gasteiger partial charge in [0.15, 0.2) is 0 Å². The number of nitrogens with zero attached hydrogens (tertiary/aromatic N) is 2. The van der Waals surface area contributed by atoms with Crippen LogP contribution in [0, 0.1) is 0 Å². The highest BCUT2D eigenvalue weighted by molar-refractivity contribution is 9.11. The molecule has 0 aliphatic rings. The van der Waals surface area contributed by atoms with Gasteiger partial charge in [0.05, 0.1) is 11.4 Å². The molecule has 0 N–H and O–H groups in total. The standard InChI is InChI=1S/C14H22Br2N2/c1-5-17(6-2)13-10-14(18(7-3)8-4)12(16)9-11(13)15/h9-10H,5-8H2,1-4H3. The van der Waals surface area contributed by atoms with Crippen LogP contribution in [0.25, 0.3) is 0 Å². The molecule has 2 nitrogen and oxygen atoms in total. The van der Waals surface area contributed by atoms with E-state index in [-0.39, 0.29) is 0 Å². The minimum absolute atomic E-state index is 1.02. The maximum Gasteiger partial charge on any atom is 0.0532 e. The van der Waals surface area contributed by atoms with Crippen LogP contribution in [0.3, 0.4) is 0 Å². The van der Waals surface area contributed by atoms with Crippen LogP contribution < -0.4 is 9.80 Å². The van der Waals surface area contributed by atoms with Gasteiger partial charge in [-0.2, -0.15) is 0 Å². The van der Waals surface area contributed by atoms with Crippen molar-refractivity contribution in [1.82, 2.24) is 0 Å². The van der Waals surface area contributed by atoms with Crippen molar-refractivity contribution in [2.75, 3.05) is 36.0 Å². The average Bonchev–Trinajstić information content (AvgIpc) is 2.36. The van der Waals surface area contributed by atoms with E-state index >= 15 is 0 Å². The van der Waals surface area contributed by atoms with Gasteiger partial charge in [0.25, 0.3) is 0 Å². The van der Waals surface area contributed by atoms with Gasteiger partial charge in [-0.15, -0.1) is 0 Å². The topological polar surface area (TPSA) is 6.48 Å². The molecular formula is C14H22Br2N2. The van der Waals surface area contributed by atoms with Gasteiger partial charge in [0.2, 0.25) is 0 Å². The number of anilines is 2. The molecule has 0 amide bonds. The van der Waals surface area contributed by atoms with E-state index in [9.17, 15) is 0 Å². The van der Waals surface area contributed by atoms with Crippen molar-refractivity contribution in [2.24, 2.45) is 0 Å². The Hall–Kier alpha value is -0.220. The maximum atomic E-state index is 3.67. The van der Waals surface area contributed by atoms with E-state index in [0.717, 1.165) is 35.1 Å². The first-order chi connectivity index (χ1) is 8.58. The fourth-order valence-electron chi connectivity index (χ4n) is 2.14. The molecule has 0 saturated carbocycles. The Morgan fingerprint density at radius 1 is 0.722 bits per heavy atom. The molecule has 0 heterocycles. The lowest BCUT2D eigenvalue weighted by Gasteiger charge is -2.28. The fraction of sp³-hybridized carbons (Fsp3) is 0.571. The summed E-state index contributed by atoms with van der Waals surface area (Å²) in [5.41, 5.74) is 2.54. The lowest BCUT2D eigenvalue weighted by molar-refractivity contribution is 0.848. The molecule has 102 valence electrons. The highest BCUT2D eigenvalue weighted by Crippen LogP contribution is 2.37. The minimum Gasteiger partial charge on any atom is -0.371 e. The summed E-state index contributed by atoms with van der Waals surface area (Å²) in [5.74, 6) is 0. The molecule has 18 heavy (non-hydrogen) atoms. The van der Waals surface area contributed by atoms with E-state index in [1.54, 1.807) is 0 Å². The highest BCUT2D eigenvalue weighted by atomic mass is 79.9.